The topological polar surface area (TPSA) is 55.7 Å². The summed E-state index contributed by atoms with van der Waals surface area (Å²) in [4.78, 5) is 24.0. The highest BCUT2D eigenvalue weighted by Gasteiger charge is 2.26. The molecule has 0 atom stereocenters. The summed E-state index contributed by atoms with van der Waals surface area (Å²) in [6.07, 6.45) is 0. The summed E-state index contributed by atoms with van der Waals surface area (Å²) in [5.41, 5.74) is 0.471. The third-order valence-corrected chi connectivity index (χ3v) is 0.932. The molecular weight excluding hydrogens is 134 g/mol. The summed E-state index contributed by atoms with van der Waals surface area (Å²) in [5.74, 6) is -1.77. The second-order valence-corrected chi connectivity index (χ2v) is 1.89. The van der Waals surface area contributed by atoms with Gasteiger partial charge in [-0.25, -0.2) is 4.79 Å². The lowest BCUT2D eigenvalue weighted by atomic mass is 10.4. The molecule has 1 heterocycles. The second-order valence-electron chi connectivity index (χ2n) is 1.89. The van der Waals surface area contributed by atoms with E-state index in [1.165, 1.54) is 0 Å². The van der Waals surface area contributed by atoms with Gasteiger partial charge in [-0.15, -0.1) is 0 Å². The molecule has 0 radical (unpaired) electrons. The minimum absolute atomic E-state index is 0.0231. The molecule has 0 spiro atoms. The molecular formula is C6H5NO3. The molecule has 4 heteroatoms. The molecule has 0 aromatic rings. The van der Waals surface area contributed by atoms with Gasteiger partial charge >= 0.3 is 11.9 Å². The minimum atomic E-state index is -0.932. The first-order valence-electron chi connectivity index (χ1n) is 2.62. The van der Waals surface area contributed by atoms with Crippen LogP contribution in [-0.4, -0.2) is 17.8 Å². The number of esters is 1. The van der Waals surface area contributed by atoms with Crippen LogP contribution in [0.1, 0.15) is 6.92 Å². The van der Waals surface area contributed by atoms with Gasteiger partial charge in [0.1, 0.15) is 0 Å². The molecule has 1 aliphatic rings. The summed E-state index contributed by atoms with van der Waals surface area (Å²) < 4.78 is 4.40. The van der Waals surface area contributed by atoms with Gasteiger partial charge < -0.3 is 4.74 Å². The number of carbonyl (C=O) groups excluding carboxylic acids is 2. The fraction of sp³-hybridized carbons (Fsp3) is 0.167. The molecule has 0 saturated carbocycles. The van der Waals surface area contributed by atoms with Crippen molar-refractivity contribution in [3.63, 3.8) is 0 Å². The number of carbonyl (C=O) groups is 2. The molecule has 0 aromatic carbocycles. The Balaban J connectivity index is 2.87. The molecule has 1 rings (SSSR count). The van der Waals surface area contributed by atoms with Crippen LogP contribution in [0.2, 0.25) is 0 Å². The summed E-state index contributed by atoms with van der Waals surface area (Å²) in [6, 6.07) is 0. The van der Waals surface area contributed by atoms with Gasteiger partial charge in [-0.3, -0.25) is 4.79 Å². The van der Waals surface area contributed by atoms with Crippen molar-refractivity contribution in [1.82, 2.24) is 0 Å². The number of hydrogen-bond acceptors (Lipinski definition) is 3. The smallest absolute Gasteiger partial charge is 0.400 e. The van der Waals surface area contributed by atoms with Crippen molar-refractivity contribution in [1.29, 1.82) is 0 Å². The number of hydrogen-bond donors (Lipinski definition) is 0. The SMILES string of the molecule is C=C(C)C1=NC(=O)C(=O)O1. The fourth-order valence-corrected chi connectivity index (χ4v) is 0.475. The van der Waals surface area contributed by atoms with Crippen LogP contribution in [0.4, 0.5) is 0 Å². The maximum atomic E-state index is 10.4. The van der Waals surface area contributed by atoms with Crippen LogP contribution in [0, 0.1) is 0 Å². The molecule has 0 bridgehead atoms. The predicted molar refractivity (Wildman–Crippen MR) is 33.3 cm³/mol. The number of rotatable bonds is 1. The normalized spacial score (nSPS) is 16.7. The van der Waals surface area contributed by atoms with Crippen molar-refractivity contribution >= 4 is 17.8 Å². The molecule has 1 aliphatic heterocycles. The van der Waals surface area contributed by atoms with Gasteiger partial charge in [-0.2, -0.15) is 4.99 Å². The number of cyclic esters (lactones) is 1. The van der Waals surface area contributed by atoms with Gasteiger partial charge in [0, 0.05) is 5.57 Å². The first-order chi connectivity index (χ1) is 4.61. The zero-order valence-electron chi connectivity index (χ0n) is 5.38. The predicted octanol–water partition coefficient (Wildman–Crippen LogP) is 0.0444. The van der Waals surface area contributed by atoms with Crippen molar-refractivity contribution < 1.29 is 14.3 Å². The third kappa shape index (κ3) is 0.953. The lowest BCUT2D eigenvalue weighted by molar-refractivity contribution is -0.145. The summed E-state index contributed by atoms with van der Waals surface area (Å²) in [7, 11) is 0. The molecule has 0 aliphatic carbocycles. The first-order valence-corrected chi connectivity index (χ1v) is 2.62. The third-order valence-electron chi connectivity index (χ3n) is 0.932. The van der Waals surface area contributed by atoms with Crippen LogP contribution in [0.25, 0.3) is 0 Å². The minimum Gasteiger partial charge on any atom is -0.400 e. The van der Waals surface area contributed by atoms with Gasteiger partial charge in [-0.1, -0.05) is 6.58 Å². The van der Waals surface area contributed by atoms with Gasteiger partial charge in [0.05, 0.1) is 0 Å². The maximum Gasteiger partial charge on any atom is 0.406 e. The van der Waals surface area contributed by atoms with Crippen LogP contribution in [0.15, 0.2) is 17.1 Å². The number of nitrogens with zero attached hydrogens (tertiary/aromatic N) is 1. The molecule has 52 valence electrons. The average Bonchev–Trinajstić information content (AvgIpc) is 2.13. The molecule has 0 aromatic heterocycles. The van der Waals surface area contributed by atoms with Crippen LogP contribution in [0.5, 0.6) is 0 Å². The number of aliphatic imine (C=N–C) groups is 1. The van der Waals surface area contributed by atoms with Crippen molar-refractivity contribution in [3.8, 4) is 0 Å². The fourth-order valence-electron chi connectivity index (χ4n) is 0.475. The largest absolute Gasteiger partial charge is 0.406 e. The molecule has 0 N–H and O–H groups in total. The molecule has 0 unspecified atom stereocenters. The van der Waals surface area contributed by atoms with E-state index in [2.05, 4.69) is 16.3 Å². The molecule has 4 nitrogen and oxygen atoms in total. The van der Waals surface area contributed by atoms with E-state index in [0.717, 1.165) is 0 Å². The van der Waals surface area contributed by atoms with E-state index in [0.29, 0.717) is 5.57 Å². The Morgan fingerprint density at radius 3 is 2.40 bits per heavy atom. The molecule has 0 fully saturated rings. The quantitative estimate of drug-likeness (QED) is 0.381. The van der Waals surface area contributed by atoms with E-state index in [4.69, 9.17) is 0 Å². The first kappa shape index (κ1) is 6.67. The zero-order valence-corrected chi connectivity index (χ0v) is 5.38. The van der Waals surface area contributed by atoms with Crippen LogP contribution >= 0.6 is 0 Å². The Kier molecular flexibility index (Phi) is 1.37. The van der Waals surface area contributed by atoms with Crippen molar-refractivity contribution in [2.24, 2.45) is 4.99 Å². The Bertz CT molecular complexity index is 252. The molecule has 0 saturated heterocycles. The van der Waals surface area contributed by atoms with Crippen LogP contribution < -0.4 is 0 Å². The average molecular weight is 139 g/mol. The lowest BCUT2D eigenvalue weighted by Crippen LogP contribution is -2.08. The summed E-state index contributed by atoms with van der Waals surface area (Å²) in [6.45, 7) is 5.05. The number of amides is 1. The number of ether oxygens (including phenoxy) is 1. The van der Waals surface area contributed by atoms with E-state index in [1.54, 1.807) is 6.92 Å². The Morgan fingerprint density at radius 1 is 1.60 bits per heavy atom. The molecule has 1 amide bonds. The zero-order chi connectivity index (χ0) is 7.72. The van der Waals surface area contributed by atoms with E-state index in [1.807, 2.05) is 0 Å². The standard InChI is InChI=1S/C6H5NO3/c1-3(2)5-7-4(8)6(9)10-5/h1H2,2H3. The Labute approximate surface area is 57.2 Å². The van der Waals surface area contributed by atoms with Crippen LogP contribution in [0.3, 0.4) is 0 Å². The summed E-state index contributed by atoms with van der Waals surface area (Å²) in [5, 5.41) is 0. The van der Waals surface area contributed by atoms with Gasteiger partial charge in [0.25, 0.3) is 0 Å². The van der Waals surface area contributed by atoms with Crippen molar-refractivity contribution in [3.05, 3.63) is 12.2 Å². The van der Waals surface area contributed by atoms with Crippen molar-refractivity contribution in [2.75, 3.05) is 0 Å². The highest BCUT2D eigenvalue weighted by Crippen LogP contribution is 2.04. The Morgan fingerprint density at radius 2 is 2.20 bits per heavy atom. The van der Waals surface area contributed by atoms with Gasteiger partial charge in [-0.05, 0) is 6.92 Å². The highest BCUT2D eigenvalue weighted by molar-refractivity contribution is 6.41. The highest BCUT2D eigenvalue weighted by atomic mass is 16.6. The lowest BCUT2D eigenvalue weighted by Gasteiger charge is -1.92. The Hall–Kier alpha value is -1.45. The van der Waals surface area contributed by atoms with Crippen LogP contribution in [-0.2, 0) is 14.3 Å². The monoisotopic (exact) mass is 139 g/mol. The second kappa shape index (κ2) is 2.06. The van der Waals surface area contributed by atoms with Gasteiger partial charge in [0.2, 0.25) is 5.90 Å². The van der Waals surface area contributed by atoms with E-state index in [-0.39, 0.29) is 5.90 Å². The maximum absolute atomic E-state index is 10.4. The summed E-state index contributed by atoms with van der Waals surface area (Å²) >= 11 is 0. The van der Waals surface area contributed by atoms with E-state index in [9.17, 15) is 9.59 Å². The van der Waals surface area contributed by atoms with E-state index >= 15 is 0 Å². The van der Waals surface area contributed by atoms with Crippen molar-refractivity contribution in [2.45, 2.75) is 6.92 Å². The molecule has 10 heavy (non-hydrogen) atoms. The van der Waals surface area contributed by atoms with Gasteiger partial charge in [0.15, 0.2) is 0 Å². The van der Waals surface area contributed by atoms with E-state index < -0.39 is 11.9 Å².